The van der Waals surface area contributed by atoms with Crippen molar-refractivity contribution in [2.24, 2.45) is 0 Å². The van der Waals surface area contributed by atoms with Crippen molar-refractivity contribution >= 4 is 11.6 Å². The summed E-state index contributed by atoms with van der Waals surface area (Å²) < 4.78 is 11.1. The summed E-state index contributed by atoms with van der Waals surface area (Å²) in [5, 5.41) is 0. The van der Waals surface area contributed by atoms with Crippen LogP contribution in [-0.4, -0.2) is 75.4 Å². The van der Waals surface area contributed by atoms with E-state index in [9.17, 15) is 4.79 Å². The number of carbonyl (C=O) groups is 1. The smallest absolute Gasteiger partial charge is 0.280 e. The van der Waals surface area contributed by atoms with Crippen molar-refractivity contribution in [1.82, 2.24) is 4.90 Å². The molecule has 144 valence electrons. The molecule has 0 spiro atoms. The number of ether oxygens (including phenoxy) is 2. The summed E-state index contributed by atoms with van der Waals surface area (Å²) in [7, 11) is 1.70. The summed E-state index contributed by atoms with van der Waals surface area (Å²) in [5.41, 5.74) is 1.19. The van der Waals surface area contributed by atoms with Crippen LogP contribution in [0.4, 0.5) is 5.69 Å². The molecule has 2 saturated heterocycles. The number of benzene rings is 1. The zero-order valence-electron chi connectivity index (χ0n) is 16.4. The van der Waals surface area contributed by atoms with Crippen molar-refractivity contribution in [2.45, 2.75) is 39.0 Å². The van der Waals surface area contributed by atoms with Crippen LogP contribution in [0.15, 0.2) is 24.3 Å². The first-order chi connectivity index (χ1) is 12.5. The predicted octanol–water partition coefficient (Wildman–Crippen LogP) is 0.424. The number of piperazine rings is 1. The standard InChI is InChI=1S/C20H31N3O3/c1-15-13-23(14-16(2)26-15)20(24)17(3)21-8-10-22(11-9-21)18-6-5-7-19(12-18)25-4/h5-7,12,15-17H,8-11,13-14H2,1-4H3/p+1/t15-,16-,17+/m0/s1. The summed E-state index contributed by atoms with van der Waals surface area (Å²) in [4.78, 5) is 18.7. The van der Waals surface area contributed by atoms with Gasteiger partial charge >= 0.3 is 0 Å². The first-order valence-corrected chi connectivity index (χ1v) is 9.65. The van der Waals surface area contributed by atoms with Gasteiger partial charge in [-0.05, 0) is 32.9 Å². The second-order valence-corrected chi connectivity index (χ2v) is 7.57. The van der Waals surface area contributed by atoms with Crippen LogP contribution >= 0.6 is 0 Å². The van der Waals surface area contributed by atoms with Crippen LogP contribution < -0.4 is 14.5 Å². The maximum absolute atomic E-state index is 12.9. The Labute approximate surface area is 156 Å². The Kier molecular flexibility index (Phi) is 6.04. The number of nitrogens with zero attached hydrogens (tertiary/aromatic N) is 2. The summed E-state index contributed by atoms with van der Waals surface area (Å²) in [6.45, 7) is 11.4. The number of hydrogen-bond donors (Lipinski definition) is 1. The lowest BCUT2D eigenvalue weighted by molar-refractivity contribution is -0.915. The number of methoxy groups -OCH3 is 1. The van der Waals surface area contributed by atoms with Crippen LogP contribution in [0.25, 0.3) is 0 Å². The second-order valence-electron chi connectivity index (χ2n) is 7.57. The maximum Gasteiger partial charge on any atom is 0.280 e. The van der Waals surface area contributed by atoms with Crippen LogP contribution in [0.3, 0.4) is 0 Å². The summed E-state index contributed by atoms with van der Waals surface area (Å²) in [6, 6.07) is 8.20. The van der Waals surface area contributed by atoms with E-state index in [0.717, 1.165) is 31.9 Å². The highest BCUT2D eigenvalue weighted by Gasteiger charge is 2.35. The highest BCUT2D eigenvalue weighted by Crippen LogP contribution is 2.20. The molecule has 0 unspecified atom stereocenters. The molecule has 2 aliphatic rings. The third-order valence-electron chi connectivity index (χ3n) is 5.54. The molecule has 0 aliphatic carbocycles. The van der Waals surface area contributed by atoms with Crippen molar-refractivity contribution in [3.8, 4) is 5.75 Å². The van der Waals surface area contributed by atoms with Gasteiger partial charge in [-0.2, -0.15) is 0 Å². The average molecular weight is 362 g/mol. The molecule has 26 heavy (non-hydrogen) atoms. The Hall–Kier alpha value is -1.79. The molecule has 2 heterocycles. The van der Waals surface area contributed by atoms with Gasteiger partial charge in [-0.3, -0.25) is 4.79 Å². The topological polar surface area (TPSA) is 46.5 Å². The molecule has 3 atom stereocenters. The second kappa shape index (κ2) is 8.27. The minimum atomic E-state index is -0.0000375. The Bertz CT molecular complexity index is 606. The number of hydrogen-bond acceptors (Lipinski definition) is 4. The Morgan fingerprint density at radius 1 is 1.23 bits per heavy atom. The van der Waals surface area contributed by atoms with Gasteiger partial charge < -0.3 is 24.2 Å². The Morgan fingerprint density at radius 2 is 1.88 bits per heavy atom. The van der Waals surface area contributed by atoms with Gasteiger partial charge in [-0.25, -0.2) is 0 Å². The van der Waals surface area contributed by atoms with Crippen LogP contribution in [0.5, 0.6) is 5.75 Å². The number of carbonyl (C=O) groups excluding carboxylic acids is 1. The lowest BCUT2D eigenvalue weighted by Gasteiger charge is -2.40. The molecule has 1 amide bonds. The molecular weight excluding hydrogens is 330 g/mol. The van der Waals surface area contributed by atoms with Gasteiger partial charge in [0.1, 0.15) is 5.75 Å². The zero-order valence-corrected chi connectivity index (χ0v) is 16.4. The summed E-state index contributed by atoms with van der Waals surface area (Å²) >= 11 is 0. The van der Waals surface area contributed by atoms with E-state index in [1.54, 1.807) is 7.11 Å². The fourth-order valence-electron chi connectivity index (χ4n) is 4.10. The highest BCUT2D eigenvalue weighted by molar-refractivity contribution is 5.80. The van der Waals surface area contributed by atoms with Gasteiger partial charge in [-0.15, -0.1) is 0 Å². The lowest BCUT2D eigenvalue weighted by atomic mass is 10.1. The van der Waals surface area contributed by atoms with E-state index in [4.69, 9.17) is 9.47 Å². The van der Waals surface area contributed by atoms with E-state index >= 15 is 0 Å². The molecule has 1 aromatic carbocycles. The molecule has 0 bridgehead atoms. The number of amides is 1. The molecule has 1 aromatic rings. The molecule has 0 aromatic heterocycles. The Balaban J connectivity index is 1.56. The maximum atomic E-state index is 12.9. The quantitative estimate of drug-likeness (QED) is 0.844. The molecule has 6 nitrogen and oxygen atoms in total. The molecule has 3 rings (SSSR count). The molecular formula is C20H32N3O3+. The lowest BCUT2D eigenvalue weighted by Crippen LogP contribution is -3.19. The molecule has 2 aliphatic heterocycles. The summed E-state index contributed by atoms with van der Waals surface area (Å²) in [6.07, 6.45) is 0.240. The van der Waals surface area contributed by atoms with E-state index in [-0.39, 0.29) is 24.2 Å². The fraction of sp³-hybridized carbons (Fsp3) is 0.650. The molecule has 2 fully saturated rings. The van der Waals surface area contributed by atoms with E-state index in [1.165, 1.54) is 10.6 Å². The van der Waals surface area contributed by atoms with E-state index in [0.29, 0.717) is 13.1 Å². The van der Waals surface area contributed by atoms with Gasteiger partial charge in [0.05, 0.1) is 45.5 Å². The van der Waals surface area contributed by atoms with E-state index in [2.05, 4.69) is 24.0 Å². The molecule has 0 radical (unpaired) electrons. The monoisotopic (exact) mass is 362 g/mol. The minimum absolute atomic E-state index is 0.0000375. The van der Waals surface area contributed by atoms with E-state index < -0.39 is 0 Å². The van der Waals surface area contributed by atoms with Gasteiger partial charge in [0.25, 0.3) is 5.91 Å². The first-order valence-electron chi connectivity index (χ1n) is 9.65. The van der Waals surface area contributed by atoms with Crippen LogP contribution in [0, 0.1) is 0 Å². The SMILES string of the molecule is COc1cccc(N2CC[NH+]([C@H](C)C(=O)N3C[C@H](C)O[C@@H](C)C3)CC2)c1. The summed E-state index contributed by atoms with van der Waals surface area (Å²) in [5.74, 6) is 1.15. The molecule has 1 N–H and O–H groups in total. The predicted molar refractivity (Wildman–Crippen MR) is 102 cm³/mol. The van der Waals surface area contributed by atoms with Crippen molar-refractivity contribution in [1.29, 1.82) is 0 Å². The third kappa shape index (κ3) is 4.30. The van der Waals surface area contributed by atoms with Crippen molar-refractivity contribution < 1.29 is 19.2 Å². The number of rotatable bonds is 4. The van der Waals surface area contributed by atoms with Gasteiger partial charge in [0.2, 0.25) is 0 Å². The number of nitrogens with one attached hydrogen (secondary N) is 1. The third-order valence-corrected chi connectivity index (χ3v) is 5.54. The van der Waals surface area contributed by atoms with Gasteiger partial charge in [-0.1, -0.05) is 6.07 Å². The van der Waals surface area contributed by atoms with Gasteiger partial charge in [0, 0.05) is 24.8 Å². The van der Waals surface area contributed by atoms with Crippen LogP contribution in [0.2, 0.25) is 0 Å². The highest BCUT2D eigenvalue weighted by atomic mass is 16.5. The number of morpholine rings is 1. The molecule has 0 saturated carbocycles. The fourth-order valence-corrected chi connectivity index (χ4v) is 4.10. The van der Waals surface area contributed by atoms with Crippen molar-refractivity contribution in [3.63, 3.8) is 0 Å². The minimum Gasteiger partial charge on any atom is -0.497 e. The largest absolute Gasteiger partial charge is 0.497 e. The van der Waals surface area contributed by atoms with Crippen LogP contribution in [0.1, 0.15) is 20.8 Å². The first kappa shape index (κ1) is 19.0. The van der Waals surface area contributed by atoms with Crippen LogP contribution in [-0.2, 0) is 9.53 Å². The Morgan fingerprint density at radius 3 is 2.50 bits per heavy atom. The average Bonchev–Trinajstić information content (AvgIpc) is 2.66. The normalized spacial score (nSPS) is 25.8. The van der Waals surface area contributed by atoms with E-state index in [1.807, 2.05) is 30.9 Å². The molecule has 6 heteroatoms. The van der Waals surface area contributed by atoms with Gasteiger partial charge in [0.15, 0.2) is 6.04 Å². The zero-order chi connectivity index (χ0) is 18.7. The number of quaternary nitrogens is 1. The van der Waals surface area contributed by atoms with Crippen molar-refractivity contribution in [3.05, 3.63) is 24.3 Å². The number of anilines is 1. The van der Waals surface area contributed by atoms with Crippen molar-refractivity contribution in [2.75, 3.05) is 51.3 Å².